The maximum atomic E-state index is 12.7. The van der Waals surface area contributed by atoms with Crippen LogP contribution in [0.25, 0.3) is 11.5 Å². The molecule has 1 saturated carbocycles. The van der Waals surface area contributed by atoms with Gasteiger partial charge in [0.2, 0.25) is 11.8 Å². The molecule has 1 aliphatic rings. The average molecular weight is 381 g/mol. The molecule has 1 fully saturated rings. The van der Waals surface area contributed by atoms with Crippen molar-refractivity contribution in [3.8, 4) is 11.5 Å². The van der Waals surface area contributed by atoms with Gasteiger partial charge in [-0.1, -0.05) is 41.9 Å². The molecule has 27 heavy (non-hydrogen) atoms. The summed E-state index contributed by atoms with van der Waals surface area (Å²) in [5.74, 6) is 1.19. The van der Waals surface area contributed by atoms with Crippen LogP contribution in [0.2, 0.25) is 5.02 Å². The van der Waals surface area contributed by atoms with Crippen LogP contribution in [-0.4, -0.2) is 10.9 Å². The van der Waals surface area contributed by atoms with Crippen molar-refractivity contribution in [2.75, 3.05) is 0 Å². The first kappa shape index (κ1) is 17.8. The quantitative estimate of drug-likeness (QED) is 0.674. The van der Waals surface area contributed by atoms with Crippen molar-refractivity contribution in [2.45, 2.75) is 38.1 Å². The molecule has 4 rings (SSSR count). The van der Waals surface area contributed by atoms with Gasteiger partial charge in [-0.05, 0) is 56.0 Å². The number of nitrogens with one attached hydrogen (secondary N) is 1. The zero-order valence-corrected chi connectivity index (χ0v) is 15.9. The lowest BCUT2D eigenvalue weighted by molar-refractivity contribution is -0.123. The van der Waals surface area contributed by atoms with E-state index in [1.54, 1.807) is 0 Å². The Balaban J connectivity index is 1.49. The highest BCUT2D eigenvalue weighted by Gasteiger charge is 2.40. The molecule has 0 bridgehead atoms. The van der Waals surface area contributed by atoms with E-state index in [4.69, 9.17) is 16.0 Å². The standard InChI is InChI=1S/C22H21ClN2O2/c1-15-19(24-21(27-15)16-6-3-2-4-7-16)14-20(26)25-22(12-5-13-22)17-8-10-18(23)11-9-17/h2-4,6-11H,5,12-14H2,1H3,(H,25,26). The zero-order valence-electron chi connectivity index (χ0n) is 15.2. The summed E-state index contributed by atoms with van der Waals surface area (Å²) in [6.07, 6.45) is 3.18. The van der Waals surface area contributed by atoms with Crippen molar-refractivity contribution in [2.24, 2.45) is 0 Å². The predicted molar refractivity (Wildman–Crippen MR) is 106 cm³/mol. The Bertz CT molecular complexity index is 944. The molecule has 3 aromatic rings. The van der Waals surface area contributed by atoms with Gasteiger partial charge in [0.1, 0.15) is 5.76 Å². The molecule has 0 saturated heterocycles. The Morgan fingerprint density at radius 2 is 1.85 bits per heavy atom. The lowest BCUT2D eigenvalue weighted by Crippen LogP contribution is -2.51. The van der Waals surface area contributed by atoms with Crippen molar-refractivity contribution >= 4 is 17.5 Å². The molecule has 2 aromatic carbocycles. The van der Waals surface area contributed by atoms with Crippen molar-refractivity contribution in [3.05, 3.63) is 76.6 Å². The number of hydrogen-bond acceptors (Lipinski definition) is 3. The first-order chi connectivity index (χ1) is 13.1. The van der Waals surface area contributed by atoms with Crippen molar-refractivity contribution in [3.63, 3.8) is 0 Å². The second kappa shape index (κ2) is 7.20. The minimum absolute atomic E-state index is 0.0411. The maximum Gasteiger partial charge on any atom is 0.226 e. The third-order valence-electron chi connectivity index (χ3n) is 5.22. The number of aromatic nitrogens is 1. The summed E-state index contributed by atoms with van der Waals surface area (Å²) < 4.78 is 5.76. The number of aryl methyl sites for hydroxylation is 1. The van der Waals surface area contributed by atoms with Gasteiger partial charge in [0.25, 0.3) is 0 Å². The third-order valence-corrected chi connectivity index (χ3v) is 5.48. The number of carbonyl (C=O) groups excluding carboxylic acids is 1. The van der Waals surface area contributed by atoms with Gasteiger partial charge in [0.15, 0.2) is 0 Å². The van der Waals surface area contributed by atoms with Crippen LogP contribution in [0.5, 0.6) is 0 Å². The molecular formula is C22H21ClN2O2. The van der Waals surface area contributed by atoms with Gasteiger partial charge in [0.05, 0.1) is 17.7 Å². The van der Waals surface area contributed by atoms with Crippen LogP contribution in [0, 0.1) is 6.92 Å². The third kappa shape index (κ3) is 3.62. The molecule has 1 aromatic heterocycles. The van der Waals surface area contributed by atoms with Gasteiger partial charge >= 0.3 is 0 Å². The molecule has 0 atom stereocenters. The summed E-state index contributed by atoms with van der Waals surface area (Å²) in [6.45, 7) is 1.85. The SMILES string of the molecule is Cc1oc(-c2ccccc2)nc1CC(=O)NC1(c2ccc(Cl)cc2)CCC1. The molecule has 0 spiro atoms. The van der Waals surface area contributed by atoms with Crippen LogP contribution in [0.1, 0.15) is 36.3 Å². The van der Waals surface area contributed by atoms with Crippen LogP contribution in [0.15, 0.2) is 59.0 Å². The molecule has 0 aliphatic heterocycles. The highest BCUT2D eigenvalue weighted by molar-refractivity contribution is 6.30. The largest absolute Gasteiger partial charge is 0.441 e. The molecule has 0 unspecified atom stereocenters. The number of benzene rings is 2. The van der Waals surface area contributed by atoms with E-state index in [0.717, 1.165) is 30.4 Å². The van der Waals surface area contributed by atoms with E-state index in [1.165, 1.54) is 0 Å². The van der Waals surface area contributed by atoms with E-state index >= 15 is 0 Å². The van der Waals surface area contributed by atoms with Gasteiger partial charge in [-0.2, -0.15) is 0 Å². The second-order valence-electron chi connectivity index (χ2n) is 7.06. The van der Waals surface area contributed by atoms with Crippen LogP contribution in [0.4, 0.5) is 0 Å². The van der Waals surface area contributed by atoms with Gasteiger partial charge < -0.3 is 9.73 Å². The van der Waals surface area contributed by atoms with Crippen molar-refractivity contribution < 1.29 is 9.21 Å². The number of nitrogens with zero attached hydrogens (tertiary/aromatic N) is 1. The smallest absolute Gasteiger partial charge is 0.226 e. The first-order valence-corrected chi connectivity index (χ1v) is 9.52. The van der Waals surface area contributed by atoms with E-state index in [1.807, 2.05) is 61.5 Å². The Kier molecular flexibility index (Phi) is 4.75. The minimum Gasteiger partial charge on any atom is -0.441 e. The van der Waals surface area contributed by atoms with Crippen molar-refractivity contribution in [1.82, 2.24) is 10.3 Å². The Morgan fingerprint density at radius 1 is 1.15 bits per heavy atom. The van der Waals surface area contributed by atoms with Crippen LogP contribution in [-0.2, 0) is 16.8 Å². The van der Waals surface area contributed by atoms with E-state index in [-0.39, 0.29) is 17.9 Å². The summed E-state index contributed by atoms with van der Waals surface area (Å²) in [4.78, 5) is 17.3. The molecule has 4 nitrogen and oxygen atoms in total. The molecule has 0 radical (unpaired) electrons. The van der Waals surface area contributed by atoms with E-state index in [0.29, 0.717) is 22.4 Å². The fourth-order valence-corrected chi connectivity index (χ4v) is 3.67. The summed E-state index contributed by atoms with van der Waals surface area (Å²) in [5, 5.41) is 3.93. The molecule has 5 heteroatoms. The fourth-order valence-electron chi connectivity index (χ4n) is 3.54. The molecule has 138 valence electrons. The molecule has 1 aliphatic carbocycles. The predicted octanol–water partition coefficient (Wildman–Crippen LogP) is 5.04. The Hall–Kier alpha value is -2.59. The summed E-state index contributed by atoms with van der Waals surface area (Å²) in [7, 11) is 0. The van der Waals surface area contributed by atoms with Crippen LogP contribution < -0.4 is 5.32 Å². The number of oxazole rings is 1. The Labute approximate surface area is 163 Å². The molecule has 1 N–H and O–H groups in total. The topological polar surface area (TPSA) is 55.1 Å². The summed E-state index contributed by atoms with van der Waals surface area (Å²) in [5.41, 5.74) is 2.40. The lowest BCUT2D eigenvalue weighted by atomic mass is 9.71. The maximum absolute atomic E-state index is 12.7. The summed E-state index contributed by atoms with van der Waals surface area (Å²) >= 11 is 6.00. The second-order valence-corrected chi connectivity index (χ2v) is 7.49. The number of carbonyl (C=O) groups is 1. The van der Waals surface area contributed by atoms with Gasteiger partial charge in [-0.3, -0.25) is 4.79 Å². The van der Waals surface area contributed by atoms with Gasteiger partial charge in [-0.15, -0.1) is 0 Å². The normalized spacial score (nSPS) is 15.2. The van der Waals surface area contributed by atoms with Gasteiger partial charge in [0, 0.05) is 10.6 Å². The highest BCUT2D eigenvalue weighted by Crippen LogP contribution is 2.41. The monoisotopic (exact) mass is 380 g/mol. The number of hydrogen-bond donors (Lipinski definition) is 1. The lowest BCUT2D eigenvalue weighted by Gasteiger charge is -2.43. The molecule has 1 heterocycles. The fraction of sp³-hybridized carbons (Fsp3) is 0.273. The highest BCUT2D eigenvalue weighted by atomic mass is 35.5. The van der Waals surface area contributed by atoms with E-state index < -0.39 is 0 Å². The van der Waals surface area contributed by atoms with Gasteiger partial charge in [-0.25, -0.2) is 4.98 Å². The number of amides is 1. The first-order valence-electron chi connectivity index (χ1n) is 9.14. The number of halogens is 1. The molecular weight excluding hydrogens is 360 g/mol. The van der Waals surface area contributed by atoms with E-state index in [2.05, 4.69) is 10.3 Å². The Morgan fingerprint density at radius 3 is 2.48 bits per heavy atom. The van der Waals surface area contributed by atoms with Crippen LogP contribution in [0.3, 0.4) is 0 Å². The number of rotatable bonds is 5. The average Bonchev–Trinajstić information content (AvgIpc) is 3.00. The van der Waals surface area contributed by atoms with Crippen molar-refractivity contribution in [1.29, 1.82) is 0 Å². The zero-order chi connectivity index (χ0) is 18.9. The molecule has 1 amide bonds. The van der Waals surface area contributed by atoms with E-state index in [9.17, 15) is 4.79 Å². The van der Waals surface area contributed by atoms with Crippen LogP contribution >= 0.6 is 11.6 Å². The minimum atomic E-state index is -0.290. The summed E-state index contributed by atoms with van der Waals surface area (Å²) in [6, 6.07) is 17.4.